The minimum atomic E-state index is -1.29. The standard InChI is InChI=1S/C36H39ClN2O10/c1-6-14-47-32-24-16-21(11-13-26(24)48-33(32)35(43)44)38-29(41)17-28-34(42)39(18-36(2,3)19-40)25-12-10-20(37)15-23(25)30(49-28)22-8-7-9-27(45-4)31(22)46-5/h7-13,15-16,28,30,40H,6,14,17-19H2,1-5H3,(H,38,41)(H,43,44)/t28-,30-/m1/s1. The summed E-state index contributed by atoms with van der Waals surface area (Å²) in [5.74, 6) is -1.76. The number of carboxylic acids is 1. The number of hydrogen-bond acceptors (Lipinski definition) is 9. The predicted molar refractivity (Wildman–Crippen MR) is 183 cm³/mol. The number of ether oxygens (including phenoxy) is 4. The van der Waals surface area contributed by atoms with Gasteiger partial charge in [0.15, 0.2) is 17.2 Å². The fourth-order valence-electron chi connectivity index (χ4n) is 5.73. The second-order valence-electron chi connectivity index (χ2n) is 12.4. The maximum absolute atomic E-state index is 14.4. The number of anilines is 2. The number of carboxylic acid groups (broad SMARTS) is 1. The van der Waals surface area contributed by atoms with Crippen LogP contribution in [0.25, 0.3) is 11.0 Å². The van der Waals surface area contributed by atoms with Crippen molar-refractivity contribution in [2.45, 2.75) is 45.8 Å². The number of aliphatic hydroxyl groups excluding tert-OH is 1. The van der Waals surface area contributed by atoms with Crippen LogP contribution < -0.4 is 24.4 Å². The molecule has 0 bridgehead atoms. The number of halogens is 1. The van der Waals surface area contributed by atoms with E-state index in [0.717, 1.165) is 0 Å². The van der Waals surface area contributed by atoms with Crippen molar-refractivity contribution in [3.8, 4) is 17.2 Å². The van der Waals surface area contributed by atoms with Crippen molar-refractivity contribution in [1.82, 2.24) is 0 Å². The van der Waals surface area contributed by atoms with E-state index in [2.05, 4.69) is 5.32 Å². The first-order valence-corrected chi connectivity index (χ1v) is 16.1. The summed E-state index contributed by atoms with van der Waals surface area (Å²) in [6, 6.07) is 15.0. The molecule has 2 heterocycles. The topological polar surface area (TPSA) is 157 Å². The lowest BCUT2D eigenvalue weighted by molar-refractivity contribution is -0.136. The van der Waals surface area contributed by atoms with Crippen LogP contribution in [0, 0.1) is 5.41 Å². The molecule has 0 fully saturated rings. The molecule has 0 spiro atoms. The van der Waals surface area contributed by atoms with Gasteiger partial charge >= 0.3 is 5.97 Å². The number of carbonyl (C=O) groups excluding carboxylic acids is 2. The van der Waals surface area contributed by atoms with Gasteiger partial charge in [-0.2, -0.15) is 0 Å². The Morgan fingerprint density at radius 1 is 1.04 bits per heavy atom. The summed E-state index contributed by atoms with van der Waals surface area (Å²) in [7, 11) is 3.01. The molecule has 5 rings (SSSR count). The second-order valence-corrected chi connectivity index (χ2v) is 12.9. The highest BCUT2D eigenvalue weighted by Crippen LogP contribution is 2.46. The van der Waals surface area contributed by atoms with Crippen molar-refractivity contribution in [2.75, 3.05) is 44.2 Å². The van der Waals surface area contributed by atoms with E-state index in [1.807, 2.05) is 20.8 Å². The van der Waals surface area contributed by atoms with Gasteiger partial charge in [-0.15, -0.1) is 0 Å². The molecule has 1 aliphatic rings. The van der Waals surface area contributed by atoms with E-state index in [4.69, 9.17) is 35.0 Å². The summed E-state index contributed by atoms with van der Waals surface area (Å²) in [4.78, 5) is 41.4. The largest absolute Gasteiger partial charge is 0.493 e. The number of rotatable bonds is 13. The second kappa shape index (κ2) is 14.8. The van der Waals surface area contributed by atoms with Crippen molar-refractivity contribution < 1.29 is 48.0 Å². The quantitative estimate of drug-likeness (QED) is 0.142. The fourth-order valence-corrected chi connectivity index (χ4v) is 5.91. The molecule has 1 aliphatic heterocycles. The molecule has 260 valence electrons. The van der Waals surface area contributed by atoms with E-state index < -0.39 is 35.4 Å². The summed E-state index contributed by atoms with van der Waals surface area (Å²) in [6.45, 7) is 5.72. The van der Waals surface area contributed by atoms with Gasteiger partial charge in [-0.25, -0.2) is 4.79 Å². The van der Waals surface area contributed by atoms with E-state index in [-0.39, 0.29) is 43.3 Å². The van der Waals surface area contributed by atoms with E-state index in [1.54, 1.807) is 48.5 Å². The first-order chi connectivity index (χ1) is 23.4. The molecule has 1 aromatic heterocycles. The SMILES string of the molecule is CCCOc1c(C(=O)O)oc2ccc(NC(=O)C[C@H]3O[C@H](c4cccc(OC)c4OC)c4cc(Cl)ccc4N(CC(C)(C)CO)C3=O)cc12. The van der Waals surface area contributed by atoms with Gasteiger partial charge in [0.1, 0.15) is 17.8 Å². The highest BCUT2D eigenvalue weighted by molar-refractivity contribution is 6.30. The van der Waals surface area contributed by atoms with Crippen molar-refractivity contribution in [3.05, 3.63) is 76.5 Å². The van der Waals surface area contributed by atoms with Crippen LogP contribution in [-0.4, -0.2) is 68.1 Å². The molecule has 0 aliphatic carbocycles. The van der Waals surface area contributed by atoms with E-state index in [9.17, 15) is 24.6 Å². The van der Waals surface area contributed by atoms with Gasteiger partial charge in [-0.3, -0.25) is 9.59 Å². The van der Waals surface area contributed by atoms with Gasteiger partial charge in [-0.05, 0) is 48.9 Å². The summed E-state index contributed by atoms with van der Waals surface area (Å²) in [5.41, 5.74) is 1.51. The molecule has 0 saturated carbocycles. The summed E-state index contributed by atoms with van der Waals surface area (Å²) in [5, 5.41) is 23.4. The lowest BCUT2D eigenvalue weighted by atomic mass is 9.92. The van der Waals surface area contributed by atoms with Crippen LogP contribution in [0.1, 0.15) is 61.4 Å². The number of hydrogen-bond donors (Lipinski definition) is 3. The lowest BCUT2D eigenvalue weighted by Crippen LogP contribution is -2.46. The number of aromatic carboxylic acids is 1. The van der Waals surface area contributed by atoms with Gasteiger partial charge in [0.25, 0.3) is 11.7 Å². The number of fused-ring (bicyclic) bond motifs is 2. The van der Waals surface area contributed by atoms with Crippen LogP contribution in [0.15, 0.2) is 59.0 Å². The zero-order valence-corrected chi connectivity index (χ0v) is 28.6. The normalized spacial score (nSPS) is 16.2. The van der Waals surface area contributed by atoms with Crippen molar-refractivity contribution >= 4 is 51.7 Å². The van der Waals surface area contributed by atoms with Crippen molar-refractivity contribution in [3.63, 3.8) is 0 Å². The molecule has 2 atom stereocenters. The third-order valence-electron chi connectivity index (χ3n) is 8.08. The maximum atomic E-state index is 14.4. The summed E-state index contributed by atoms with van der Waals surface area (Å²) >= 11 is 6.50. The Bertz CT molecular complexity index is 1870. The molecule has 0 unspecified atom stereocenters. The molecular weight excluding hydrogens is 656 g/mol. The highest BCUT2D eigenvalue weighted by atomic mass is 35.5. The summed E-state index contributed by atoms with van der Waals surface area (Å²) < 4.78 is 29.1. The monoisotopic (exact) mass is 694 g/mol. The lowest BCUT2D eigenvalue weighted by Gasteiger charge is -2.32. The molecule has 2 amide bonds. The van der Waals surface area contributed by atoms with Crippen LogP contribution in [0.2, 0.25) is 5.02 Å². The number of benzene rings is 3. The zero-order chi connectivity index (χ0) is 35.5. The average Bonchev–Trinajstić information content (AvgIpc) is 3.41. The van der Waals surface area contributed by atoms with Crippen molar-refractivity contribution in [1.29, 1.82) is 0 Å². The van der Waals surface area contributed by atoms with Gasteiger partial charge in [0.2, 0.25) is 5.91 Å². The Morgan fingerprint density at radius 3 is 2.49 bits per heavy atom. The Labute approximate surface area is 288 Å². The van der Waals surface area contributed by atoms with Crippen LogP contribution in [-0.2, 0) is 14.3 Å². The maximum Gasteiger partial charge on any atom is 0.375 e. The van der Waals surface area contributed by atoms with Crippen LogP contribution in [0.4, 0.5) is 11.4 Å². The third kappa shape index (κ3) is 7.46. The number of amides is 2. The molecule has 13 heteroatoms. The Balaban J connectivity index is 1.54. The Hall–Kier alpha value is -4.78. The Morgan fingerprint density at radius 2 is 1.82 bits per heavy atom. The average molecular weight is 695 g/mol. The number of furan rings is 1. The molecule has 0 saturated heterocycles. The molecule has 4 aromatic rings. The van der Waals surface area contributed by atoms with E-state index >= 15 is 0 Å². The van der Waals surface area contributed by atoms with Gasteiger partial charge < -0.3 is 43.8 Å². The third-order valence-corrected chi connectivity index (χ3v) is 8.31. The van der Waals surface area contributed by atoms with Gasteiger partial charge in [0.05, 0.1) is 32.6 Å². The molecule has 0 radical (unpaired) electrons. The van der Waals surface area contributed by atoms with Crippen LogP contribution >= 0.6 is 11.6 Å². The van der Waals surface area contributed by atoms with E-state index in [0.29, 0.717) is 50.8 Å². The summed E-state index contributed by atoms with van der Waals surface area (Å²) in [6.07, 6.45) is -1.95. The minimum absolute atomic E-state index is 0.0661. The van der Waals surface area contributed by atoms with Crippen LogP contribution in [0.5, 0.6) is 17.2 Å². The van der Waals surface area contributed by atoms with Crippen molar-refractivity contribution in [2.24, 2.45) is 5.41 Å². The molecular formula is C36H39ClN2O10. The number of aliphatic hydroxyl groups is 1. The Kier molecular flexibility index (Phi) is 10.7. The van der Waals surface area contributed by atoms with E-state index in [1.165, 1.54) is 25.2 Å². The molecule has 3 N–H and O–H groups in total. The highest BCUT2D eigenvalue weighted by Gasteiger charge is 2.40. The fraction of sp³-hybridized carbons (Fsp3) is 0.361. The number of nitrogens with one attached hydrogen (secondary N) is 1. The van der Waals surface area contributed by atoms with Crippen LogP contribution in [0.3, 0.4) is 0 Å². The molecule has 12 nitrogen and oxygen atoms in total. The smallest absolute Gasteiger partial charge is 0.375 e. The number of carbonyl (C=O) groups is 3. The predicted octanol–water partition coefficient (Wildman–Crippen LogP) is 6.46. The molecule has 49 heavy (non-hydrogen) atoms. The number of nitrogens with zero attached hydrogens (tertiary/aromatic N) is 1. The number of para-hydroxylation sites is 1. The zero-order valence-electron chi connectivity index (χ0n) is 27.9. The minimum Gasteiger partial charge on any atom is -0.493 e. The molecule has 3 aromatic carbocycles. The number of methoxy groups -OCH3 is 2. The first kappa shape index (κ1) is 35.5. The van der Waals surface area contributed by atoms with Gasteiger partial charge in [0, 0.05) is 46.1 Å². The van der Waals surface area contributed by atoms with Gasteiger partial charge in [-0.1, -0.05) is 44.5 Å². The first-order valence-electron chi connectivity index (χ1n) is 15.7.